The molecule has 5 rings (SSSR count). The van der Waals surface area contributed by atoms with Gasteiger partial charge in [-0.05, 0) is 37.0 Å². The molecule has 2 aliphatic rings. The monoisotopic (exact) mass is 437 g/mol. The van der Waals surface area contributed by atoms with Crippen LogP contribution in [0.5, 0.6) is 17.2 Å². The van der Waals surface area contributed by atoms with Gasteiger partial charge in [-0.2, -0.15) is 0 Å². The van der Waals surface area contributed by atoms with E-state index in [1.54, 1.807) is 12.1 Å². The number of nitrogens with zero attached hydrogens (tertiary/aromatic N) is 1. The predicted octanol–water partition coefficient (Wildman–Crippen LogP) is 3.44. The summed E-state index contributed by atoms with van der Waals surface area (Å²) in [6.07, 6.45) is 2.57. The number of carbonyl (C=O) groups excluding carboxylic acids is 1. The average molecular weight is 437 g/mol. The first kappa shape index (κ1) is 20.2. The molecule has 0 radical (unpaired) electrons. The highest BCUT2D eigenvalue weighted by molar-refractivity contribution is 5.97. The van der Waals surface area contributed by atoms with Crippen molar-refractivity contribution in [1.29, 1.82) is 0 Å². The number of ether oxygens (including phenoxy) is 4. The second-order valence-electron chi connectivity index (χ2n) is 7.81. The Morgan fingerprint density at radius 2 is 1.75 bits per heavy atom. The third-order valence-electron chi connectivity index (χ3n) is 6.17. The van der Waals surface area contributed by atoms with Gasteiger partial charge in [0.1, 0.15) is 11.3 Å². The van der Waals surface area contributed by atoms with Crippen molar-refractivity contribution >= 4 is 22.6 Å². The quantitative estimate of drug-likeness (QED) is 0.453. The van der Waals surface area contributed by atoms with Gasteiger partial charge < -0.3 is 28.3 Å². The molecule has 8 heteroatoms. The molecule has 166 valence electrons. The van der Waals surface area contributed by atoms with E-state index >= 15 is 0 Å². The Morgan fingerprint density at radius 3 is 2.50 bits per heavy atom. The highest BCUT2D eigenvalue weighted by atomic mass is 16.5. The highest BCUT2D eigenvalue weighted by Crippen LogP contribution is 2.40. The molecule has 32 heavy (non-hydrogen) atoms. The maximum atomic E-state index is 12.6. The Balaban J connectivity index is 1.64. The first-order chi connectivity index (χ1) is 15.5. The van der Waals surface area contributed by atoms with Gasteiger partial charge in [-0.15, -0.1) is 0 Å². The first-order valence-corrected chi connectivity index (χ1v) is 10.4. The molecule has 1 aliphatic carbocycles. The zero-order valence-corrected chi connectivity index (χ0v) is 18.1. The summed E-state index contributed by atoms with van der Waals surface area (Å²) in [7, 11) is 4.36. The largest absolute Gasteiger partial charge is 0.493 e. The topological polar surface area (TPSA) is 87.4 Å². The van der Waals surface area contributed by atoms with Crippen LogP contribution in [-0.2, 0) is 24.1 Å². The zero-order chi connectivity index (χ0) is 22.4. The van der Waals surface area contributed by atoms with Crippen molar-refractivity contribution in [1.82, 2.24) is 0 Å². The number of aryl methyl sites for hydroxylation is 1. The van der Waals surface area contributed by atoms with E-state index in [9.17, 15) is 9.59 Å². The minimum Gasteiger partial charge on any atom is -0.493 e. The van der Waals surface area contributed by atoms with Gasteiger partial charge in [0, 0.05) is 23.1 Å². The van der Waals surface area contributed by atoms with Crippen LogP contribution in [0.1, 0.15) is 33.5 Å². The standard InChI is InChI=1S/C24H23NO7/c1-28-20-9-16(23(26)30-3)18(10-21(20)29-2)25-11-17-19(31-12-25)8-7-14-13-5-4-6-15(13)24(27)32-22(14)17/h7-10H,4-6,11-12H2,1-3H3. The van der Waals surface area contributed by atoms with Gasteiger partial charge in [-0.1, -0.05) is 0 Å². The number of hydrogen-bond donors (Lipinski definition) is 0. The summed E-state index contributed by atoms with van der Waals surface area (Å²) in [5.41, 5.74) is 3.76. The van der Waals surface area contributed by atoms with Crippen molar-refractivity contribution in [2.24, 2.45) is 0 Å². The van der Waals surface area contributed by atoms with E-state index in [0.717, 1.165) is 41.3 Å². The fraction of sp³-hybridized carbons (Fsp3) is 0.333. The van der Waals surface area contributed by atoms with Crippen molar-refractivity contribution < 1.29 is 28.2 Å². The summed E-state index contributed by atoms with van der Waals surface area (Å²) in [6, 6.07) is 7.20. The van der Waals surface area contributed by atoms with Crippen molar-refractivity contribution in [2.45, 2.75) is 25.8 Å². The maximum absolute atomic E-state index is 12.6. The number of methoxy groups -OCH3 is 3. The average Bonchev–Trinajstić information content (AvgIpc) is 3.33. The van der Waals surface area contributed by atoms with Crippen molar-refractivity contribution in [3.63, 3.8) is 0 Å². The van der Waals surface area contributed by atoms with Gasteiger partial charge in [0.05, 0.1) is 44.7 Å². The fourth-order valence-electron chi connectivity index (χ4n) is 4.61. The Hall–Kier alpha value is -3.68. The number of anilines is 1. The van der Waals surface area contributed by atoms with E-state index in [1.807, 2.05) is 17.0 Å². The van der Waals surface area contributed by atoms with E-state index in [4.69, 9.17) is 23.4 Å². The van der Waals surface area contributed by atoms with E-state index in [2.05, 4.69) is 0 Å². The van der Waals surface area contributed by atoms with E-state index in [1.165, 1.54) is 21.3 Å². The van der Waals surface area contributed by atoms with Gasteiger partial charge in [-0.3, -0.25) is 0 Å². The van der Waals surface area contributed by atoms with E-state index in [-0.39, 0.29) is 12.4 Å². The number of esters is 1. The molecule has 1 aromatic heterocycles. The SMILES string of the molecule is COC(=O)c1cc(OC)c(OC)cc1N1COc2ccc3c4c(c(=O)oc3c2C1)CCC4. The van der Waals surface area contributed by atoms with Crippen LogP contribution in [0.15, 0.2) is 33.5 Å². The van der Waals surface area contributed by atoms with Crippen LogP contribution in [-0.4, -0.2) is 34.0 Å². The lowest BCUT2D eigenvalue weighted by Crippen LogP contribution is -2.33. The first-order valence-electron chi connectivity index (χ1n) is 10.4. The minimum atomic E-state index is -0.506. The van der Waals surface area contributed by atoms with Gasteiger partial charge in [0.15, 0.2) is 18.2 Å². The number of rotatable bonds is 4. The van der Waals surface area contributed by atoms with Crippen molar-refractivity contribution in [2.75, 3.05) is 33.0 Å². The van der Waals surface area contributed by atoms with Crippen LogP contribution in [0, 0.1) is 0 Å². The molecule has 1 aliphatic heterocycles. The molecule has 0 fully saturated rings. The molecule has 2 aromatic carbocycles. The second-order valence-corrected chi connectivity index (χ2v) is 7.81. The molecule has 0 atom stereocenters. The number of hydrogen-bond acceptors (Lipinski definition) is 8. The van der Waals surface area contributed by atoms with Gasteiger partial charge in [0.25, 0.3) is 0 Å². The maximum Gasteiger partial charge on any atom is 0.340 e. The summed E-state index contributed by atoms with van der Waals surface area (Å²) in [5, 5.41) is 0.946. The normalized spacial score (nSPS) is 14.5. The predicted molar refractivity (Wildman–Crippen MR) is 117 cm³/mol. The molecule has 0 saturated heterocycles. The molecule has 2 heterocycles. The van der Waals surface area contributed by atoms with Gasteiger partial charge in [-0.25, -0.2) is 9.59 Å². The van der Waals surface area contributed by atoms with Crippen molar-refractivity contribution in [3.8, 4) is 17.2 Å². The smallest absolute Gasteiger partial charge is 0.340 e. The van der Waals surface area contributed by atoms with Gasteiger partial charge >= 0.3 is 11.6 Å². The lowest BCUT2D eigenvalue weighted by molar-refractivity contribution is 0.0600. The Bertz CT molecular complexity index is 1290. The molecule has 0 amide bonds. The van der Waals surface area contributed by atoms with Crippen LogP contribution in [0.2, 0.25) is 0 Å². The summed E-state index contributed by atoms with van der Waals surface area (Å²) >= 11 is 0. The van der Waals surface area contributed by atoms with Crippen LogP contribution < -0.4 is 24.7 Å². The second kappa shape index (κ2) is 7.78. The third kappa shape index (κ3) is 3.05. The third-order valence-corrected chi connectivity index (χ3v) is 6.17. The highest BCUT2D eigenvalue weighted by Gasteiger charge is 2.29. The number of benzene rings is 2. The molecule has 0 bridgehead atoms. The summed E-state index contributed by atoms with van der Waals surface area (Å²) in [5.74, 6) is 1.05. The van der Waals surface area contributed by atoms with Gasteiger partial charge in [0.2, 0.25) is 0 Å². The Labute approximate surface area is 184 Å². The van der Waals surface area contributed by atoms with E-state index in [0.29, 0.717) is 40.6 Å². The molecular weight excluding hydrogens is 414 g/mol. The Morgan fingerprint density at radius 1 is 1.00 bits per heavy atom. The van der Waals surface area contributed by atoms with E-state index < -0.39 is 5.97 Å². The summed E-state index contributed by atoms with van der Waals surface area (Å²) in [4.78, 5) is 27.0. The fourth-order valence-corrected chi connectivity index (χ4v) is 4.61. The Kier molecular flexibility index (Phi) is 4.92. The summed E-state index contributed by atoms with van der Waals surface area (Å²) < 4.78 is 27.5. The lowest BCUT2D eigenvalue weighted by atomic mass is 10.0. The number of fused-ring (bicyclic) bond motifs is 5. The van der Waals surface area contributed by atoms with Crippen LogP contribution in [0.3, 0.4) is 0 Å². The summed E-state index contributed by atoms with van der Waals surface area (Å²) in [6.45, 7) is 0.584. The lowest BCUT2D eigenvalue weighted by Gasteiger charge is -2.32. The molecule has 0 unspecified atom stereocenters. The molecular formula is C24H23NO7. The zero-order valence-electron chi connectivity index (χ0n) is 18.1. The molecule has 3 aromatic rings. The molecule has 0 spiro atoms. The minimum absolute atomic E-state index is 0.202. The van der Waals surface area contributed by atoms with Crippen LogP contribution in [0.4, 0.5) is 5.69 Å². The van der Waals surface area contributed by atoms with Crippen molar-refractivity contribution in [3.05, 3.63) is 56.9 Å². The molecule has 0 saturated carbocycles. The van der Waals surface area contributed by atoms with Crippen LogP contribution in [0.25, 0.3) is 11.0 Å². The molecule has 0 N–H and O–H groups in total. The van der Waals surface area contributed by atoms with Crippen LogP contribution >= 0.6 is 0 Å². The molecule has 8 nitrogen and oxygen atoms in total. The number of carbonyl (C=O) groups is 1.